The molecular weight excluding hydrogens is 310 g/mol. The topological polar surface area (TPSA) is 63.2 Å². The van der Waals surface area contributed by atoms with E-state index < -0.39 is 9.84 Å². The number of allylic oxidation sites excluding steroid dienone is 1. The van der Waals surface area contributed by atoms with Crippen LogP contribution in [0.3, 0.4) is 0 Å². The van der Waals surface area contributed by atoms with Crippen LogP contribution in [0.1, 0.15) is 21.5 Å². The second-order valence-electron chi connectivity index (χ2n) is 5.44. The smallest absolute Gasteiger partial charge is 0.187 e. The number of sulfone groups is 1. The third kappa shape index (κ3) is 4.53. The van der Waals surface area contributed by atoms with E-state index in [0.717, 1.165) is 17.4 Å². The second kappa shape index (κ2) is 6.79. The van der Waals surface area contributed by atoms with E-state index in [1.54, 1.807) is 24.4 Å². The number of ketones is 1. The molecule has 0 spiro atoms. The Morgan fingerprint density at radius 1 is 1.00 bits per heavy atom. The first-order chi connectivity index (χ1) is 10.8. The zero-order valence-electron chi connectivity index (χ0n) is 13.3. The van der Waals surface area contributed by atoms with Gasteiger partial charge >= 0.3 is 0 Å². The standard InChI is InChI=1S/C18H19NO3S/c1-13-4-5-15(12-14(13)2)18(20)10-11-19-16-6-8-17(9-7-16)23(3,21)22/h4-12,19H,1-3H3. The maximum atomic E-state index is 12.1. The molecule has 0 unspecified atom stereocenters. The maximum Gasteiger partial charge on any atom is 0.187 e. The number of anilines is 1. The van der Waals surface area contributed by atoms with Crippen molar-refractivity contribution in [2.75, 3.05) is 11.6 Å². The van der Waals surface area contributed by atoms with Gasteiger partial charge in [-0.1, -0.05) is 12.1 Å². The average molecular weight is 329 g/mol. The molecule has 2 rings (SSSR count). The minimum atomic E-state index is -3.20. The lowest BCUT2D eigenvalue weighted by Crippen LogP contribution is -1.99. The molecule has 0 heterocycles. The van der Waals surface area contributed by atoms with Gasteiger partial charge in [-0.25, -0.2) is 8.42 Å². The van der Waals surface area contributed by atoms with Gasteiger partial charge in [0.2, 0.25) is 0 Å². The van der Waals surface area contributed by atoms with Crippen molar-refractivity contribution < 1.29 is 13.2 Å². The average Bonchev–Trinajstić information content (AvgIpc) is 2.49. The van der Waals surface area contributed by atoms with Crippen LogP contribution in [0.15, 0.2) is 59.6 Å². The Hall–Kier alpha value is -2.40. The van der Waals surface area contributed by atoms with Crippen molar-refractivity contribution in [3.63, 3.8) is 0 Å². The van der Waals surface area contributed by atoms with Gasteiger partial charge < -0.3 is 5.32 Å². The number of rotatable bonds is 5. The molecule has 5 heteroatoms. The lowest BCUT2D eigenvalue weighted by Gasteiger charge is -2.03. The molecule has 2 aromatic carbocycles. The number of hydrogen-bond donors (Lipinski definition) is 1. The van der Waals surface area contributed by atoms with Crippen molar-refractivity contribution in [2.45, 2.75) is 18.7 Å². The van der Waals surface area contributed by atoms with Crippen molar-refractivity contribution in [2.24, 2.45) is 0 Å². The third-order valence-electron chi connectivity index (χ3n) is 3.56. The van der Waals surface area contributed by atoms with Crippen molar-refractivity contribution in [3.05, 3.63) is 71.4 Å². The molecule has 0 bridgehead atoms. The van der Waals surface area contributed by atoms with Crippen LogP contribution in [0.25, 0.3) is 0 Å². The van der Waals surface area contributed by atoms with Crippen molar-refractivity contribution in [1.82, 2.24) is 0 Å². The first kappa shape index (κ1) is 17.0. The van der Waals surface area contributed by atoms with E-state index in [9.17, 15) is 13.2 Å². The number of aryl methyl sites for hydroxylation is 2. The van der Waals surface area contributed by atoms with Crippen LogP contribution in [0.5, 0.6) is 0 Å². The monoisotopic (exact) mass is 329 g/mol. The Kier molecular flexibility index (Phi) is 5.01. The number of benzene rings is 2. The molecule has 0 radical (unpaired) electrons. The van der Waals surface area contributed by atoms with Crippen molar-refractivity contribution >= 4 is 21.3 Å². The Balaban J connectivity index is 2.03. The van der Waals surface area contributed by atoms with Gasteiger partial charge in [-0.3, -0.25) is 4.79 Å². The van der Waals surface area contributed by atoms with Gasteiger partial charge in [-0.15, -0.1) is 0 Å². The van der Waals surface area contributed by atoms with Crippen LogP contribution in [0.2, 0.25) is 0 Å². The van der Waals surface area contributed by atoms with Gasteiger partial charge in [0.25, 0.3) is 0 Å². The van der Waals surface area contributed by atoms with Crippen LogP contribution in [0, 0.1) is 13.8 Å². The van der Waals surface area contributed by atoms with Crippen molar-refractivity contribution in [3.8, 4) is 0 Å². The Morgan fingerprint density at radius 3 is 2.22 bits per heavy atom. The van der Waals surface area contributed by atoms with Crippen LogP contribution >= 0.6 is 0 Å². The predicted molar refractivity (Wildman–Crippen MR) is 92.6 cm³/mol. The molecule has 23 heavy (non-hydrogen) atoms. The summed E-state index contributed by atoms with van der Waals surface area (Å²) in [6.07, 6.45) is 4.17. The van der Waals surface area contributed by atoms with Crippen LogP contribution in [-0.2, 0) is 9.84 Å². The fourth-order valence-corrected chi connectivity index (χ4v) is 2.63. The molecule has 0 saturated carbocycles. The summed E-state index contributed by atoms with van der Waals surface area (Å²) in [6.45, 7) is 3.97. The minimum Gasteiger partial charge on any atom is -0.362 e. The number of nitrogens with one attached hydrogen (secondary N) is 1. The number of carbonyl (C=O) groups excluding carboxylic acids is 1. The van der Waals surface area contributed by atoms with Gasteiger partial charge in [0.1, 0.15) is 0 Å². The number of hydrogen-bond acceptors (Lipinski definition) is 4. The highest BCUT2D eigenvalue weighted by molar-refractivity contribution is 7.90. The Morgan fingerprint density at radius 2 is 1.65 bits per heavy atom. The molecule has 4 nitrogen and oxygen atoms in total. The molecule has 0 saturated heterocycles. The van der Waals surface area contributed by atoms with E-state index in [1.807, 2.05) is 26.0 Å². The molecule has 0 aliphatic carbocycles. The summed E-state index contributed by atoms with van der Waals surface area (Å²) in [6, 6.07) is 11.9. The van der Waals surface area contributed by atoms with E-state index in [4.69, 9.17) is 0 Å². The lowest BCUT2D eigenvalue weighted by atomic mass is 10.0. The summed E-state index contributed by atoms with van der Waals surface area (Å²) in [5, 5.41) is 2.95. The highest BCUT2D eigenvalue weighted by atomic mass is 32.2. The molecule has 2 aromatic rings. The first-order valence-corrected chi connectivity index (χ1v) is 9.01. The van der Waals surface area contributed by atoms with Gasteiger partial charge in [-0.2, -0.15) is 0 Å². The lowest BCUT2D eigenvalue weighted by molar-refractivity contribution is 0.104. The quantitative estimate of drug-likeness (QED) is 0.673. The summed E-state index contributed by atoms with van der Waals surface area (Å²) in [7, 11) is -3.20. The van der Waals surface area contributed by atoms with Gasteiger partial charge in [0.15, 0.2) is 15.6 Å². The maximum absolute atomic E-state index is 12.1. The van der Waals surface area contributed by atoms with E-state index >= 15 is 0 Å². The van der Waals surface area contributed by atoms with Crippen LogP contribution in [0.4, 0.5) is 5.69 Å². The van der Waals surface area contributed by atoms with Gasteiger partial charge in [-0.05, 0) is 55.3 Å². The molecule has 120 valence electrons. The highest BCUT2D eigenvalue weighted by Gasteiger charge is 2.06. The minimum absolute atomic E-state index is 0.0895. The van der Waals surface area contributed by atoms with Gasteiger partial charge in [0, 0.05) is 29.8 Å². The van der Waals surface area contributed by atoms with Crippen molar-refractivity contribution in [1.29, 1.82) is 0 Å². The molecule has 0 fully saturated rings. The summed E-state index contributed by atoms with van der Waals surface area (Å²) in [4.78, 5) is 12.3. The summed E-state index contributed by atoms with van der Waals surface area (Å²) < 4.78 is 22.8. The molecule has 0 atom stereocenters. The molecule has 1 N–H and O–H groups in total. The fraction of sp³-hybridized carbons (Fsp3) is 0.167. The molecular formula is C18H19NO3S. The Bertz CT molecular complexity index is 850. The largest absolute Gasteiger partial charge is 0.362 e. The fourth-order valence-electron chi connectivity index (χ4n) is 2.00. The summed E-state index contributed by atoms with van der Waals surface area (Å²) in [5.41, 5.74) is 3.57. The number of carbonyl (C=O) groups is 1. The zero-order chi connectivity index (χ0) is 17.0. The molecule has 0 amide bonds. The van der Waals surface area contributed by atoms with E-state index in [2.05, 4.69) is 5.32 Å². The summed E-state index contributed by atoms with van der Waals surface area (Å²) in [5.74, 6) is -0.0895. The van der Waals surface area contributed by atoms with E-state index in [0.29, 0.717) is 11.3 Å². The molecule has 0 aliphatic heterocycles. The van der Waals surface area contributed by atoms with E-state index in [-0.39, 0.29) is 10.7 Å². The Labute approximate surface area is 136 Å². The van der Waals surface area contributed by atoms with Gasteiger partial charge in [0.05, 0.1) is 4.90 Å². The third-order valence-corrected chi connectivity index (χ3v) is 4.69. The molecule has 0 aromatic heterocycles. The highest BCUT2D eigenvalue weighted by Crippen LogP contribution is 2.14. The molecule has 0 aliphatic rings. The SMILES string of the molecule is Cc1ccc(C(=O)C=CNc2ccc(S(C)(=O)=O)cc2)cc1C. The summed E-state index contributed by atoms with van der Waals surface area (Å²) >= 11 is 0. The first-order valence-electron chi connectivity index (χ1n) is 7.12. The second-order valence-corrected chi connectivity index (χ2v) is 7.45. The zero-order valence-corrected chi connectivity index (χ0v) is 14.1. The van der Waals surface area contributed by atoms with Crippen LogP contribution < -0.4 is 5.32 Å². The normalized spacial score (nSPS) is 11.6. The predicted octanol–water partition coefficient (Wildman–Crippen LogP) is 3.52. The van der Waals surface area contributed by atoms with Crippen LogP contribution in [-0.4, -0.2) is 20.5 Å². The van der Waals surface area contributed by atoms with E-state index in [1.165, 1.54) is 18.2 Å².